The third kappa shape index (κ3) is 1.97. The van der Waals surface area contributed by atoms with E-state index < -0.39 is 0 Å². The van der Waals surface area contributed by atoms with Gasteiger partial charge in [0, 0.05) is 12.3 Å². The van der Waals surface area contributed by atoms with Crippen LogP contribution in [-0.4, -0.2) is 12.4 Å². The van der Waals surface area contributed by atoms with Crippen molar-refractivity contribution in [3.05, 3.63) is 29.3 Å². The van der Waals surface area contributed by atoms with Crippen molar-refractivity contribution in [2.24, 2.45) is 5.92 Å². The zero-order valence-corrected chi connectivity index (χ0v) is 10.1. The molecule has 2 nitrogen and oxygen atoms in total. The number of Topliss-reactive ketones (excluding diaryl/α,β-unsaturated/α-hetero) is 1. The molecule has 1 aliphatic heterocycles. The van der Waals surface area contributed by atoms with Crippen LogP contribution < -0.4 is 4.74 Å². The van der Waals surface area contributed by atoms with E-state index in [1.54, 1.807) is 0 Å². The molecule has 2 aliphatic rings. The van der Waals surface area contributed by atoms with E-state index in [-0.39, 0.29) is 5.92 Å². The number of ketones is 1. The van der Waals surface area contributed by atoms with E-state index >= 15 is 0 Å². The number of carbonyl (C=O) groups excluding carboxylic acids is 1. The Bertz CT molecular complexity index is 431. The van der Waals surface area contributed by atoms with E-state index in [1.165, 1.54) is 24.8 Å². The van der Waals surface area contributed by atoms with Crippen LogP contribution in [0, 0.1) is 5.92 Å². The number of rotatable bonds is 2. The van der Waals surface area contributed by atoms with Gasteiger partial charge in [0.1, 0.15) is 5.75 Å². The zero-order chi connectivity index (χ0) is 11.7. The van der Waals surface area contributed by atoms with Crippen molar-refractivity contribution in [2.75, 3.05) is 6.61 Å². The van der Waals surface area contributed by atoms with Crippen LogP contribution in [0.15, 0.2) is 18.2 Å². The van der Waals surface area contributed by atoms with Gasteiger partial charge in [-0.3, -0.25) is 4.79 Å². The summed E-state index contributed by atoms with van der Waals surface area (Å²) in [7, 11) is 0. The highest BCUT2D eigenvalue weighted by Gasteiger charge is 2.27. The van der Waals surface area contributed by atoms with Crippen LogP contribution in [0.5, 0.6) is 5.75 Å². The van der Waals surface area contributed by atoms with E-state index in [0.29, 0.717) is 5.78 Å². The van der Waals surface area contributed by atoms with Gasteiger partial charge >= 0.3 is 0 Å². The molecular weight excluding hydrogens is 212 g/mol. The Kier molecular flexibility index (Phi) is 2.87. The summed E-state index contributed by atoms with van der Waals surface area (Å²) in [5, 5.41) is 0. The van der Waals surface area contributed by atoms with Crippen molar-refractivity contribution in [2.45, 2.75) is 38.5 Å². The lowest BCUT2D eigenvalue weighted by Gasteiger charge is -2.21. The monoisotopic (exact) mass is 230 g/mol. The first-order valence-electron chi connectivity index (χ1n) is 6.65. The first-order valence-corrected chi connectivity index (χ1v) is 6.65. The fourth-order valence-corrected chi connectivity index (χ4v) is 2.99. The van der Waals surface area contributed by atoms with Gasteiger partial charge < -0.3 is 4.74 Å². The summed E-state index contributed by atoms with van der Waals surface area (Å²) in [6, 6.07) is 5.99. The lowest BCUT2D eigenvalue weighted by Crippen LogP contribution is -2.18. The molecule has 1 fully saturated rings. The standard InChI is InChI=1S/C15H18O2/c16-14(11-5-2-1-3-6-11)13-8-4-7-12-9-10-17-15(12)13/h4,7-8,11H,1-3,5-6,9-10H2. The molecule has 0 aromatic heterocycles. The average Bonchev–Trinajstić information content (AvgIpc) is 2.87. The Balaban J connectivity index is 1.88. The highest BCUT2D eigenvalue weighted by molar-refractivity contribution is 6.00. The zero-order valence-electron chi connectivity index (χ0n) is 10.1. The second kappa shape index (κ2) is 4.52. The molecule has 1 aromatic carbocycles. The minimum atomic E-state index is 0.236. The van der Waals surface area contributed by atoms with E-state index in [1.807, 2.05) is 12.1 Å². The summed E-state index contributed by atoms with van der Waals surface area (Å²) in [6.07, 6.45) is 6.75. The third-order valence-electron chi connectivity index (χ3n) is 3.96. The minimum Gasteiger partial charge on any atom is -0.492 e. The fraction of sp³-hybridized carbons (Fsp3) is 0.533. The Labute approximate surface area is 102 Å². The van der Waals surface area contributed by atoms with E-state index in [2.05, 4.69) is 6.07 Å². The Hall–Kier alpha value is -1.31. The van der Waals surface area contributed by atoms with Crippen molar-refractivity contribution in [3.8, 4) is 5.75 Å². The number of para-hydroxylation sites is 1. The van der Waals surface area contributed by atoms with Crippen LogP contribution in [0.25, 0.3) is 0 Å². The lowest BCUT2D eigenvalue weighted by molar-refractivity contribution is 0.0886. The van der Waals surface area contributed by atoms with Crippen LogP contribution in [0.2, 0.25) is 0 Å². The normalized spacial score (nSPS) is 19.8. The summed E-state index contributed by atoms with van der Waals surface area (Å²) in [5.74, 6) is 1.41. The van der Waals surface area contributed by atoms with Crippen molar-refractivity contribution in [3.63, 3.8) is 0 Å². The van der Waals surface area contributed by atoms with Crippen LogP contribution >= 0.6 is 0 Å². The predicted octanol–water partition coefficient (Wildman–Crippen LogP) is 3.38. The quantitative estimate of drug-likeness (QED) is 0.728. The number of carbonyl (C=O) groups is 1. The SMILES string of the molecule is O=C(c1cccc2c1OCC2)C1CCCCC1. The Morgan fingerprint density at radius 1 is 1.18 bits per heavy atom. The Morgan fingerprint density at radius 2 is 2.00 bits per heavy atom. The van der Waals surface area contributed by atoms with Gasteiger partial charge in [0.05, 0.1) is 12.2 Å². The minimum absolute atomic E-state index is 0.236. The maximum absolute atomic E-state index is 12.5. The molecule has 0 N–H and O–H groups in total. The van der Waals surface area contributed by atoms with Gasteiger partial charge in [-0.25, -0.2) is 0 Å². The van der Waals surface area contributed by atoms with E-state index in [4.69, 9.17) is 4.74 Å². The van der Waals surface area contributed by atoms with Crippen LogP contribution in [-0.2, 0) is 6.42 Å². The molecule has 0 spiro atoms. The molecule has 1 saturated carbocycles. The van der Waals surface area contributed by atoms with Crippen molar-refractivity contribution in [1.82, 2.24) is 0 Å². The maximum Gasteiger partial charge on any atom is 0.169 e. The molecule has 90 valence electrons. The molecule has 1 heterocycles. The number of hydrogen-bond acceptors (Lipinski definition) is 2. The molecular formula is C15H18O2. The highest BCUT2D eigenvalue weighted by Crippen LogP contribution is 2.34. The molecule has 0 saturated heterocycles. The van der Waals surface area contributed by atoms with E-state index in [9.17, 15) is 4.79 Å². The molecule has 0 bridgehead atoms. The summed E-state index contributed by atoms with van der Waals surface area (Å²) in [4.78, 5) is 12.5. The Morgan fingerprint density at radius 3 is 2.82 bits per heavy atom. The topological polar surface area (TPSA) is 26.3 Å². The summed E-state index contributed by atoms with van der Waals surface area (Å²) >= 11 is 0. The van der Waals surface area contributed by atoms with Gasteiger partial charge in [0.25, 0.3) is 0 Å². The predicted molar refractivity (Wildman–Crippen MR) is 66.5 cm³/mol. The fourth-order valence-electron chi connectivity index (χ4n) is 2.99. The molecule has 1 aromatic rings. The van der Waals surface area contributed by atoms with Crippen molar-refractivity contribution in [1.29, 1.82) is 0 Å². The van der Waals surface area contributed by atoms with Crippen LogP contribution in [0.1, 0.15) is 48.0 Å². The first-order chi connectivity index (χ1) is 8.36. The highest BCUT2D eigenvalue weighted by atomic mass is 16.5. The molecule has 3 rings (SSSR count). The van der Waals surface area contributed by atoms with E-state index in [0.717, 1.165) is 37.2 Å². The third-order valence-corrected chi connectivity index (χ3v) is 3.96. The number of ether oxygens (including phenoxy) is 1. The lowest BCUT2D eigenvalue weighted by atomic mass is 9.83. The van der Waals surface area contributed by atoms with Gasteiger partial charge in [-0.1, -0.05) is 31.4 Å². The van der Waals surface area contributed by atoms with Crippen LogP contribution in [0.4, 0.5) is 0 Å². The van der Waals surface area contributed by atoms with Crippen molar-refractivity contribution < 1.29 is 9.53 Å². The van der Waals surface area contributed by atoms with Crippen molar-refractivity contribution >= 4 is 5.78 Å². The summed E-state index contributed by atoms with van der Waals surface area (Å²) in [5.41, 5.74) is 2.03. The van der Waals surface area contributed by atoms with Gasteiger partial charge in [-0.05, 0) is 24.5 Å². The summed E-state index contributed by atoms with van der Waals surface area (Å²) in [6.45, 7) is 0.726. The molecule has 1 aliphatic carbocycles. The number of benzene rings is 1. The first kappa shape index (κ1) is 10.8. The molecule has 0 amide bonds. The molecule has 0 radical (unpaired) electrons. The largest absolute Gasteiger partial charge is 0.492 e. The second-order valence-electron chi connectivity index (χ2n) is 5.09. The average molecular weight is 230 g/mol. The number of hydrogen-bond donors (Lipinski definition) is 0. The molecule has 17 heavy (non-hydrogen) atoms. The molecule has 2 heteroatoms. The molecule has 0 unspecified atom stereocenters. The maximum atomic E-state index is 12.5. The van der Waals surface area contributed by atoms with Crippen LogP contribution in [0.3, 0.4) is 0 Å². The van der Waals surface area contributed by atoms with Gasteiger partial charge in [-0.2, -0.15) is 0 Å². The van der Waals surface area contributed by atoms with Gasteiger partial charge in [-0.15, -0.1) is 0 Å². The number of fused-ring (bicyclic) bond motifs is 1. The van der Waals surface area contributed by atoms with Gasteiger partial charge in [0.15, 0.2) is 5.78 Å². The summed E-state index contributed by atoms with van der Waals surface area (Å²) < 4.78 is 5.62. The van der Waals surface area contributed by atoms with Gasteiger partial charge in [0.2, 0.25) is 0 Å². The molecule has 0 atom stereocenters. The smallest absolute Gasteiger partial charge is 0.169 e. The second-order valence-corrected chi connectivity index (χ2v) is 5.09.